The number of nitrogens with one attached hydrogen (secondary N) is 1. The summed E-state index contributed by atoms with van der Waals surface area (Å²) in [7, 11) is 0. The Morgan fingerprint density at radius 2 is 1.70 bits per heavy atom. The molecule has 1 aliphatic carbocycles. The second kappa shape index (κ2) is 8.18. The predicted octanol–water partition coefficient (Wildman–Crippen LogP) is 5.25. The van der Waals surface area contributed by atoms with E-state index >= 15 is 0 Å². The van der Waals surface area contributed by atoms with Crippen LogP contribution in [0.4, 0.5) is 5.69 Å². The lowest BCUT2D eigenvalue weighted by Gasteiger charge is -2.23. The van der Waals surface area contributed by atoms with Crippen LogP contribution in [0.2, 0.25) is 0 Å². The number of benzene rings is 1. The van der Waals surface area contributed by atoms with Gasteiger partial charge in [0.05, 0.1) is 12.3 Å². The van der Waals surface area contributed by atoms with Gasteiger partial charge in [0.25, 0.3) is 0 Å². The summed E-state index contributed by atoms with van der Waals surface area (Å²) < 4.78 is 5.93. The van der Waals surface area contributed by atoms with E-state index in [9.17, 15) is 0 Å². The van der Waals surface area contributed by atoms with Gasteiger partial charge in [-0.25, -0.2) is 0 Å². The SMILES string of the molecule is CC(C)COc1ccccc1NC1CCCCCCC1. The van der Waals surface area contributed by atoms with Crippen LogP contribution in [-0.2, 0) is 0 Å². The van der Waals surface area contributed by atoms with E-state index in [0.29, 0.717) is 12.0 Å². The van der Waals surface area contributed by atoms with Gasteiger partial charge in [-0.2, -0.15) is 0 Å². The van der Waals surface area contributed by atoms with Gasteiger partial charge in [-0.1, -0.05) is 58.1 Å². The molecule has 0 aromatic heterocycles. The molecule has 1 aromatic carbocycles. The number of anilines is 1. The van der Waals surface area contributed by atoms with Gasteiger partial charge in [-0.05, 0) is 30.9 Å². The molecule has 0 bridgehead atoms. The third-order valence-corrected chi connectivity index (χ3v) is 3.92. The lowest BCUT2D eigenvalue weighted by Crippen LogP contribution is -2.21. The van der Waals surface area contributed by atoms with Gasteiger partial charge >= 0.3 is 0 Å². The van der Waals surface area contributed by atoms with Gasteiger partial charge in [-0.15, -0.1) is 0 Å². The first-order valence-corrected chi connectivity index (χ1v) is 8.24. The number of hydrogen-bond donors (Lipinski definition) is 1. The number of hydrogen-bond acceptors (Lipinski definition) is 2. The van der Waals surface area contributed by atoms with Gasteiger partial charge < -0.3 is 10.1 Å². The molecule has 20 heavy (non-hydrogen) atoms. The Morgan fingerprint density at radius 1 is 1.05 bits per heavy atom. The number of rotatable bonds is 5. The Hall–Kier alpha value is -1.18. The van der Waals surface area contributed by atoms with E-state index < -0.39 is 0 Å². The largest absolute Gasteiger partial charge is 0.491 e. The molecule has 1 saturated carbocycles. The summed E-state index contributed by atoms with van der Waals surface area (Å²) in [5.41, 5.74) is 1.17. The molecule has 0 heterocycles. The fourth-order valence-corrected chi connectivity index (χ4v) is 2.79. The Balaban J connectivity index is 1.96. The van der Waals surface area contributed by atoms with Crippen molar-refractivity contribution in [3.8, 4) is 5.75 Å². The monoisotopic (exact) mass is 275 g/mol. The van der Waals surface area contributed by atoms with Crippen LogP contribution in [-0.4, -0.2) is 12.6 Å². The van der Waals surface area contributed by atoms with E-state index in [1.54, 1.807) is 0 Å². The molecule has 1 fully saturated rings. The first-order chi connectivity index (χ1) is 9.75. The van der Waals surface area contributed by atoms with Crippen LogP contribution in [0.3, 0.4) is 0 Å². The summed E-state index contributed by atoms with van der Waals surface area (Å²) in [6.07, 6.45) is 9.49. The highest BCUT2D eigenvalue weighted by molar-refractivity contribution is 5.56. The fraction of sp³-hybridized carbons (Fsp3) is 0.667. The molecule has 0 unspecified atom stereocenters. The van der Waals surface area contributed by atoms with E-state index in [2.05, 4.69) is 43.4 Å². The van der Waals surface area contributed by atoms with E-state index in [0.717, 1.165) is 12.4 Å². The molecule has 1 aromatic rings. The third kappa shape index (κ3) is 5.07. The highest BCUT2D eigenvalue weighted by Gasteiger charge is 2.13. The van der Waals surface area contributed by atoms with E-state index in [4.69, 9.17) is 4.74 Å². The second-order valence-electron chi connectivity index (χ2n) is 6.39. The molecule has 0 saturated heterocycles. The molecule has 2 rings (SSSR count). The zero-order valence-corrected chi connectivity index (χ0v) is 13.0. The average molecular weight is 275 g/mol. The van der Waals surface area contributed by atoms with Crippen molar-refractivity contribution in [2.75, 3.05) is 11.9 Å². The molecule has 1 aliphatic rings. The lowest BCUT2D eigenvalue weighted by atomic mass is 9.96. The van der Waals surface area contributed by atoms with Crippen molar-refractivity contribution < 1.29 is 4.74 Å². The minimum atomic E-state index is 0.560. The van der Waals surface area contributed by atoms with Gasteiger partial charge in [0, 0.05) is 6.04 Å². The third-order valence-electron chi connectivity index (χ3n) is 3.92. The summed E-state index contributed by atoms with van der Waals surface area (Å²) in [4.78, 5) is 0. The standard InChI is InChI=1S/C18H29NO/c1-15(2)14-20-18-13-9-8-12-17(18)19-16-10-6-4-3-5-7-11-16/h8-9,12-13,15-16,19H,3-7,10-11,14H2,1-2H3. The quantitative estimate of drug-likeness (QED) is 0.792. The maximum Gasteiger partial charge on any atom is 0.142 e. The van der Waals surface area contributed by atoms with Crippen LogP contribution in [0.25, 0.3) is 0 Å². The molecule has 2 nitrogen and oxygen atoms in total. The Morgan fingerprint density at radius 3 is 2.40 bits per heavy atom. The van der Waals surface area contributed by atoms with Crippen molar-refractivity contribution in [1.82, 2.24) is 0 Å². The first kappa shape index (κ1) is 15.2. The molecule has 0 spiro atoms. The van der Waals surface area contributed by atoms with Crippen LogP contribution in [0.5, 0.6) is 5.75 Å². The predicted molar refractivity (Wildman–Crippen MR) is 86.5 cm³/mol. The van der Waals surface area contributed by atoms with Crippen molar-refractivity contribution in [2.45, 2.75) is 64.8 Å². The molecule has 112 valence electrons. The minimum Gasteiger partial charge on any atom is -0.491 e. The molecule has 0 aliphatic heterocycles. The second-order valence-corrected chi connectivity index (χ2v) is 6.39. The van der Waals surface area contributed by atoms with E-state index in [-0.39, 0.29) is 0 Å². The highest BCUT2D eigenvalue weighted by Crippen LogP contribution is 2.28. The van der Waals surface area contributed by atoms with Gasteiger partial charge in [-0.3, -0.25) is 0 Å². The minimum absolute atomic E-state index is 0.560. The van der Waals surface area contributed by atoms with Crippen LogP contribution in [0, 0.1) is 5.92 Å². The average Bonchev–Trinajstić information content (AvgIpc) is 2.40. The summed E-state index contributed by atoms with van der Waals surface area (Å²) in [6.45, 7) is 5.15. The summed E-state index contributed by atoms with van der Waals surface area (Å²) in [6, 6.07) is 8.98. The lowest BCUT2D eigenvalue weighted by molar-refractivity contribution is 0.272. The Kier molecular flexibility index (Phi) is 6.23. The van der Waals surface area contributed by atoms with Crippen molar-refractivity contribution in [2.24, 2.45) is 5.92 Å². The Bertz CT molecular complexity index is 381. The normalized spacial score (nSPS) is 17.6. The van der Waals surface area contributed by atoms with Crippen LogP contribution < -0.4 is 10.1 Å². The van der Waals surface area contributed by atoms with Crippen LogP contribution in [0.15, 0.2) is 24.3 Å². The van der Waals surface area contributed by atoms with Crippen LogP contribution in [0.1, 0.15) is 58.8 Å². The van der Waals surface area contributed by atoms with Gasteiger partial charge in [0.2, 0.25) is 0 Å². The highest BCUT2D eigenvalue weighted by atomic mass is 16.5. The number of ether oxygens (including phenoxy) is 1. The van der Waals surface area contributed by atoms with Crippen molar-refractivity contribution >= 4 is 5.69 Å². The Labute approximate surface area is 123 Å². The van der Waals surface area contributed by atoms with Gasteiger partial charge in [0.1, 0.15) is 5.75 Å². The maximum absolute atomic E-state index is 5.93. The van der Waals surface area contributed by atoms with Crippen molar-refractivity contribution in [3.05, 3.63) is 24.3 Å². The molecule has 0 amide bonds. The van der Waals surface area contributed by atoms with E-state index in [1.807, 2.05) is 0 Å². The topological polar surface area (TPSA) is 21.3 Å². The molecular formula is C18H29NO. The van der Waals surface area contributed by atoms with Gasteiger partial charge in [0.15, 0.2) is 0 Å². The van der Waals surface area contributed by atoms with Crippen LogP contribution >= 0.6 is 0 Å². The van der Waals surface area contributed by atoms with Crippen molar-refractivity contribution in [1.29, 1.82) is 0 Å². The number of para-hydroxylation sites is 2. The zero-order valence-electron chi connectivity index (χ0n) is 13.0. The molecular weight excluding hydrogens is 246 g/mol. The molecule has 0 atom stereocenters. The first-order valence-electron chi connectivity index (χ1n) is 8.24. The zero-order chi connectivity index (χ0) is 14.2. The molecule has 2 heteroatoms. The van der Waals surface area contributed by atoms with E-state index in [1.165, 1.54) is 50.6 Å². The smallest absolute Gasteiger partial charge is 0.142 e. The molecule has 1 N–H and O–H groups in total. The molecule has 0 radical (unpaired) electrons. The summed E-state index contributed by atoms with van der Waals surface area (Å²) in [5.74, 6) is 1.56. The summed E-state index contributed by atoms with van der Waals surface area (Å²) in [5, 5.41) is 3.72. The maximum atomic E-state index is 5.93. The fourth-order valence-electron chi connectivity index (χ4n) is 2.79. The van der Waals surface area contributed by atoms with Crippen molar-refractivity contribution in [3.63, 3.8) is 0 Å². The summed E-state index contributed by atoms with van der Waals surface area (Å²) >= 11 is 0.